The number of carbonyl (C=O) groups excluding carboxylic acids is 3. The molecule has 0 radical (unpaired) electrons. The Morgan fingerprint density at radius 1 is 0.968 bits per heavy atom. The Hall–Kier alpha value is -2.57. The summed E-state index contributed by atoms with van der Waals surface area (Å²) in [5, 5.41) is 5.49. The molecule has 0 spiro atoms. The molecule has 1 unspecified atom stereocenters. The molecule has 0 heterocycles. The number of benzene rings is 1. The molecule has 1 aromatic carbocycles. The molecule has 3 amide bonds. The minimum atomic E-state index is -0.809. The second-order valence-electron chi connectivity index (χ2n) is 9.60. The number of unbranched alkanes of at least 4 members (excludes halogenated alkanes) is 2. The lowest BCUT2D eigenvalue weighted by Crippen LogP contribution is -2.55. The van der Waals surface area contributed by atoms with Gasteiger partial charge in [-0.2, -0.15) is 0 Å². The van der Waals surface area contributed by atoms with Crippen molar-refractivity contribution in [2.45, 2.75) is 84.9 Å². The SMILES string of the molecule is CCCCCNC(=O)C(c1ccccc1)N(C(=O)CNC(=O)OC(C)(C)C)C(C)(C)C. The van der Waals surface area contributed by atoms with Crippen molar-refractivity contribution < 1.29 is 19.1 Å². The van der Waals surface area contributed by atoms with E-state index in [0.29, 0.717) is 6.54 Å². The van der Waals surface area contributed by atoms with Crippen molar-refractivity contribution in [1.82, 2.24) is 15.5 Å². The highest BCUT2D eigenvalue weighted by Gasteiger charge is 2.38. The molecule has 0 aliphatic rings. The Bertz CT molecular complexity index is 721. The smallest absolute Gasteiger partial charge is 0.408 e. The number of rotatable bonds is 9. The third kappa shape index (κ3) is 9.40. The molecule has 1 atom stereocenters. The van der Waals surface area contributed by atoms with E-state index in [-0.39, 0.29) is 18.4 Å². The number of nitrogens with zero attached hydrogens (tertiary/aromatic N) is 1. The van der Waals surface area contributed by atoms with Crippen molar-refractivity contribution in [1.29, 1.82) is 0 Å². The summed E-state index contributed by atoms with van der Waals surface area (Å²) in [4.78, 5) is 40.0. The summed E-state index contributed by atoms with van der Waals surface area (Å²) in [6.07, 6.45) is 2.29. The van der Waals surface area contributed by atoms with Gasteiger partial charge in [-0.05, 0) is 53.5 Å². The minimum Gasteiger partial charge on any atom is -0.444 e. The molecule has 1 aromatic rings. The first-order valence-electron chi connectivity index (χ1n) is 11.0. The maximum Gasteiger partial charge on any atom is 0.408 e. The van der Waals surface area contributed by atoms with Crippen LogP contribution in [0.15, 0.2) is 30.3 Å². The summed E-state index contributed by atoms with van der Waals surface area (Å²) < 4.78 is 5.22. The van der Waals surface area contributed by atoms with Crippen LogP contribution in [0.25, 0.3) is 0 Å². The summed E-state index contributed by atoms with van der Waals surface area (Å²) in [7, 11) is 0. The normalized spacial score (nSPS) is 12.6. The van der Waals surface area contributed by atoms with Gasteiger partial charge in [-0.1, -0.05) is 50.1 Å². The maximum atomic E-state index is 13.2. The zero-order valence-electron chi connectivity index (χ0n) is 20.1. The highest BCUT2D eigenvalue weighted by molar-refractivity contribution is 5.90. The first-order valence-corrected chi connectivity index (χ1v) is 11.0. The van der Waals surface area contributed by atoms with Crippen LogP contribution in [0.4, 0.5) is 4.79 Å². The molecule has 0 aliphatic carbocycles. The van der Waals surface area contributed by atoms with Crippen molar-refractivity contribution in [3.63, 3.8) is 0 Å². The number of hydrogen-bond donors (Lipinski definition) is 2. The predicted octanol–water partition coefficient (Wildman–Crippen LogP) is 4.19. The van der Waals surface area contributed by atoms with Gasteiger partial charge in [0.15, 0.2) is 0 Å². The van der Waals surface area contributed by atoms with E-state index < -0.39 is 23.3 Å². The number of alkyl carbamates (subject to hydrolysis) is 1. The van der Waals surface area contributed by atoms with E-state index in [0.717, 1.165) is 24.8 Å². The van der Waals surface area contributed by atoms with Gasteiger partial charge in [0.25, 0.3) is 0 Å². The van der Waals surface area contributed by atoms with Gasteiger partial charge < -0.3 is 20.3 Å². The van der Waals surface area contributed by atoms with Gasteiger partial charge in [-0.15, -0.1) is 0 Å². The topological polar surface area (TPSA) is 87.7 Å². The molecular weight excluding hydrogens is 394 g/mol. The monoisotopic (exact) mass is 433 g/mol. The summed E-state index contributed by atoms with van der Waals surface area (Å²) in [6.45, 7) is 13.3. The van der Waals surface area contributed by atoms with Gasteiger partial charge in [0.1, 0.15) is 18.2 Å². The van der Waals surface area contributed by atoms with E-state index in [1.165, 1.54) is 4.90 Å². The molecule has 0 bridgehead atoms. The van der Waals surface area contributed by atoms with Crippen molar-refractivity contribution in [3.8, 4) is 0 Å². The Labute approximate surface area is 186 Å². The standard InChI is InChI=1S/C24H39N3O4/c1-8-9-13-16-25-21(29)20(18-14-11-10-12-15-18)27(23(2,3)4)19(28)17-26-22(30)31-24(5,6)7/h10-12,14-15,20H,8-9,13,16-17H2,1-7H3,(H,25,29)(H,26,30). The number of ether oxygens (including phenoxy) is 1. The lowest BCUT2D eigenvalue weighted by atomic mass is 9.96. The van der Waals surface area contributed by atoms with Gasteiger partial charge in [0.05, 0.1) is 0 Å². The molecule has 31 heavy (non-hydrogen) atoms. The van der Waals surface area contributed by atoms with Crippen LogP contribution in [0.1, 0.15) is 79.3 Å². The van der Waals surface area contributed by atoms with Crippen molar-refractivity contribution in [3.05, 3.63) is 35.9 Å². The van der Waals surface area contributed by atoms with Gasteiger partial charge in [-0.3, -0.25) is 9.59 Å². The molecule has 174 valence electrons. The minimum absolute atomic E-state index is 0.233. The van der Waals surface area contributed by atoms with E-state index in [2.05, 4.69) is 17.6 Å². The average molecular weight is 434 g/mol. The van der Waals surface area contributed by atoms with E-state index in [9.17, 15) is 14.4 Å². The van der Waals surface area contributed by atoms with Gasteiger partial charge in [-0.25, -0.2) is 4.79 Å². The molecule has 0 aromatic heterocycles. The Morgan fingerprint density at radius 2 is 1.58 bits per heavy atom. The summed E-state index contributed by atoms with van der Waals surface area (Å²) in [5.41, 5.74) is -0.605. The molecule has 7 nitrogen and oxygen atoms in total. The summed E-state index contributed by atoms with van der Waals surface area (Å²) in [6, 6.07) is 8.42. The molecule has 1 rings (SSSR count). The lowest BCUT2D eigenvalue weighted by Gasteiger charge is -2.41. The van der Waals surface area contributed by atoms with Crippen LogP contribution < -0.4 is 10.6 Å². The fourth-order valence-electron chi connectivity index (χ4n) is 3.19. The maximum absolute atomic E-state index is 13.2. The molecule has 0 fully saturated rings. The van der Waals surface area contributed by atoms with E-state index >= 15 is 0 Å². The first kappa shape index (κ1) is 26.5. The molecule has 2 N–H and O–H groups in total. The van der Waals surface area contributed by atoms with Crippen molar-refractivity contribution in [2.24, 2.45) is 0 Å². The summed E-state index contributed by atoms with van der Waals surface area (Å²) >= 11 is 0. The lowest BCUT2D eigenvalue weighted by molar-refractivity contribution is -0.145. The molecule has 0 saturated carbocycles. The van der Waals surface area contributed by atoms with Crippen LogP contribution >= 0.6 is 0 Å². The second-order valence-corrected chi connectivity index (χ2v) is 9.60. The van der Waals surface area contributed by atoms with Crippen LogP contribution in [-0.4, -0.2) is 47.0 Å². The Balaban J connectivity index is 3.10. The highest BCUT2D eigenvalue weighted by Crippen LogP contribution is 2.29. The van der Waals surface area contributed by atoms with Gasteiger partial charge in [0, 0.05) is 12.1 Å². The predicted molar refractivity (Wildman–Crippen MR) is 123 cm³/mol. The van der Waals surface area contributed by atoms with E-state index in [1.54, 1.807) is 20.8 Å². The van der Waals surface area contributed by atoms with Crippen LogP contribution in [0.5, 0.6) is 0 Å². The van der Waals surface area contributed by atoms with Gasteiger partial charge in [0.2, 0.25) is 11.8 Å². The van der Waals surface area contributed by atoms with Gasteiger partial charge >= 0.3 is 6.09 Å². The molecule has 7 heteroatoms. The number of carbonyl (C=O) groups is 3. The number of amides is 3. The molecular formula is C24H39N3O4. The Morgan fingerprint density at radius 3 is 2.10 bits per heavy atom. The van der Waals surface area contributed by atoms with Crippen molar-refractivity contribution >= 4 is 17.9 Å². The third-order valence-corrected chi connectivity index (χ3v) is 4.48. The third-order valence-electron chi connectivity index (χ3n) is 4.48. The quantitative estimate of drug-likeness (QED) is 0.572. The number of nitrogens with one attached hydrogen (secondary N) is 2. The van der Waals surface area contributed by atoms with Crippen LogP contribution in [-0.2, 0) is 14.3 Å². The zero-order valence-corrected chi connectivity index (χ0v) is 20.1. The fraction of sp³-hybridized carbons (Fsp3) is 0.625. The van der Waals surface area contributed by atoms with Crippen molar-refractivity contribution in [2.75, 3.05) is 13.1 Å². The second kappa shape index (κ2) is 11.7. The fourth-order valence-corrected chi connectivity index (χ4v) is 3.19. The zero-order chi connectivity index (χ0) is 23.7. The largest absolute Gasteiger partial charge is 0.444 e. The molecule has 0 aliphatic heterocycles. The first-order chi connectivity index (χ1) is 14.4. The number of hydrogen-bond acceptors (Lipinski definition) is 4. The average Bonchev–Trinajstić information content (AvgIpc) is 2.65. The van der Waals surface area contributed by atoms with E-state index in [1.807, 2.05) is 51.1 Å². The Kier molecular flexibility index (Phi) is 10.0. The van der Waals surface area contributed by atoms with Crippen LogP contribution in [0, 0.1) is 0 Å². The van der Waals surface area contributed by atoms with E-state index in [4.69, 9.17) is 4.74 Å². The van der Waals surface area contributed by atoms with Crippen LogP contribution in [0.3, 0.4) is 0 Å². The molecule has 0 saturated heterocycles. The van der Waals surface area contributed by atoms with Crippen LogP contribution in [0.2, 0.25) is 0 Å². The summed E-state index contributed by atoms with van der Waals surface area (Å²) in [5.74, 6) is -0.598. The highest BCUT2D eigenvalue weighted by atomic mass is 16.6.